The summed E-state index contributed by atoms with van der Waals surface area (Å²) in [4.78, 5) is 5.00. The van der Waals surface area contributed by atoms with Crippen LogP contribution in [0.5, 0.6) is 0 Å². The lowest BCUT2D eigenvalue weighted by Crippen LogP contribution is -2.47. The third kappa shape index (κ3) is 1.78. The molecule has 0 N–H and O–H groups in total. The molecule has 0 aromatic rings. The SMILES string of the molecule is CC(C)N1CCN2CC=CC=C2C1. The maximum atomic E-state index is 2.53. The molecular formula is C11H18N2. The standard InChI is InChI=1S/C11H18N2/c1-10(2)13-8-7-12-6-4-3-5-11(12)9-13/h3-5,10H,6-9H2,1-2H3. The molecule has 0 aromatic heterocycles. The first kappa shape index (κ1) is 8.82. The molecule has 2 aliphatic rings. The van der Waals surface area contributed by atoms with E-state index in [9.17, 15) is 0 Å². The predicted octanol–water partition coefficient (Wildman–Crippen LogP) is 1.47. The summed E-state index contributed by atoms with van der Waals surface area (Å²) in [6, 6.07) is 0.675. The summed E-state index contributed by atoms with van der Waals surface area (Å²) in [6.07, 6.45) is 6.65. The Morgan fingerprint density at radius 2 is 2.15 bits per heavy atom. The van der Waals surface area contributed by atoms with Crippen molar-refractivity contribution in [2.75, 3.05) is 26.2 Å². The maximum Gasteiger partial charge on any atom is 0.0387 e. The van der Waals surface area contributed by atoms with Crippen LogP contribution >= 0.6 is 0 Å². The van der Waals surface area contributed by atoms with Gasteiger partial charge in [-0.25, -0.2) is 0 Å². The summed E-state index contributed by atoms with van der Waals surface area (Å²) in [5.41, 5.74) is 1.49. The van der Waals surface area contributed by atoms with E-state index in [1.807, 2.05) is 0 Å². The van der Waals surface area contributed by atoms with Gasteiger partial charge in [0.05, 0.1) is 0 Å². The molecule has 2 heteroatoms. The molecule has 2 heterocycles. The van der Waals surface area contributed by atoms with Crippen LogP contribution in [0.3, 0.4) is 0 Å². The van der Waals surface area contributed by atoms with Crippen LogP contribution in [-0.4, -0.2) is 42.0 Å². The lowest BCUT2D eigenvalue weighted by atomic mass is 10.1. The zero-order chi connectivity index (χ0) is 9.26. The van der Waals surface area contributed by atoms with Crippen LogP contribution in [0.4, 0.5) is 0 Å². The van der Waals surface area contributed by atoms with Crippen LogP contribution in [0, 0.1) is 0 Å². The van der Waals surface area contributed by atoms with Crippen LogP contribution in [-0.2, 0) is 0 Å². The lowest BCUT2D eigenvalue weighted by molar-refractivity contribution is 0.153. The highest BCUT2D eigenvalue weighted by molar-refractivity contribution is 5.20. The molecule has 1 saturated heterocycles. The zero-order valence-electron chi connectivity index (χ0n) is 8.53. The fraction of sp³-hybridized carbons (Fsp3) is 0.636. The van der Waals surface area contributed by atoms with Crippen molar-refractivity contribution in [3.63, 3.8) is 0 Å². The van der Waals surface area contributed by atoms with Gasteiger partial charge in [0.1, 0.15) is 0 Å². The zero-order valence-corrected chi connectivity index (χ0v) is 8.53. The molecule has 0 aromatic carbocycles. The summed E-state index contributed by atoms with van der Waals surface area (Å²) in [5.74, 6) is 0. The number of hydrogen-bond acceptors (Lipinski definition) is 2. The average Bonchev–Trinajstić information content (AvgIpc) is 2.17. The van der Waals surface area contributed by atoms with Crippen molar-refractivity contribution in [3.8, 4) is 0 Å². The van der Waals surface area contributed by atoms with Gasteiger partial charge in [0.25, 0.3) is 0 Å². The van der Waals surface area contributed by atoms with Crippen LogP contribution in [0.15, 0.2) is 23.9 Å². The van der Waals surface area contributed by atoms with Gasteiger partial charge >= 0.3 is 0 Å². The summed E-state index contributed by atoms with van der Waals surface area (Å²) < 4.78 is 0. The van der Waals surface area contributed by atoms with Crippen molar-refractivity contribution in [1.82, 2.24) is 9.80 Å². The Labute approximate surface area is 80.5 Å². The van der Waals surface area contributed by atoms with Crippen LogP contribution in [0.2, 0.25) is 0 Å². The number of allylic oxidation sites excluding steroid dienone is 2. The van der Waals surface area contributed by atoms with Gasteiger partial charge in [-0.15, -0.1) is 0 Å². The van der Waals surface area contributed by atoms with Crippen molar-refractivity contribution in [1.29, 1.82) is 0 Å². The molecule has 0 amide bonds. The highest BCUT2D eigenvalue weighted by Crippen LogP contribution is 2.17. The van der Waals surface area contributed by atoms with Crippen LogP contribution in [0.1, 0.15) is 13.8 Å². The smallest absolute Gasteiger partial charge is 0.0387 e. The lowest BCUT2D eigenvalue weighted by Gasteiger charge is -2.40. The largest absolute Gasteiger partial charge is 0.369 e. The van der Waals surface area contributed by atoms with Crippen molar-refractivity contribution in [3.05, 3.63) is 23.9 Å². The van der Waals surface area contributed by atoms with Gasteiger partial charge in [0.15, 0.2) is 0 Å². The van der Waals surface area contributed by atoms with E-state index < -0.39 is 0 Å². The van der Waals surface area contributed by atoms with Gasteiger partial charge in [-0.2, -0.15) is 0 Å². The Morgan fingerprint density at radius 3 is 2.92 bits per heavy atom. The summed E-state index contributed by atoms with van der Waals surface area (Å²) in [6.45, 7) is 9.18. The average molecular weight is 178 g/mol. The first-order valence-corrected chi connectivity index (χ1v) is 5.12. The number of hydrogen-bond donors (Lipinski definition) is 0. The molecule has 0 radical (unpaired) electrons. The van der Waals surface area contributed by atoms with Gasteiger partial charge in [0, 0.05) is 37.9 Å². The third-order valence-electron chi connectivity index (χ3n) is 2.91. The molecule has 1 fully saturated rings. The minimum atomic E-state index is 0.675. The fourth-order valence-electron chi connectivity index (χ4n) is 1.95. The Bertz CT molecular complexity index is 240. The number of rotatable bonds is 1. The minimum Gasteiger partial charge on any atom is -0.369 e. The molecule has 0 atom stereocenters. The van der Waals surface area contributed by atoms with Crippen molar-refractivity contribution in [2.45, 2.75) is 19.9 Å². The van der Waals surface area contributed by atoms with Gasteiger partial charge in [-0.3, -0.25) is 4.90 Å². The Kier molecular flexibility index (Phi) is 2.40. The molecule has 0 bridgehead atoms. The monoisotopic (exact) mass is 178 g/mol. The van der Waals surface area contributed by atoms with E-state index in [4.69, 9.17) is 0 Å². The summed E-state index contributed by atoms with van der Waals surface area (Å²) in [5, 5.41) is 0. The molecule has 0 unspecified atom stereocenters. The molecule has 2 aliphatic heterocycles. The first-order valence-electron chi connectivity index (χ1n) is 5.12. The number of piperazine rings is 1. The van der Waals surface area contributed by atoms with E-state index in [0.717, 1.165) is 13.1 Å². The van der Waals surface area contributed by atoms with Gasteiger partial charge < -0.3 is 4.90 Å². The second-order valence-corrected chi connectivity index (χ2v) is 4.10. The highest BCUT2D eigenvalue weighted by Gasteiger charge is 2.22. The molecule has 0 saturated carbocycles. The van der Waals surface area contributed by atoms with E-state index in [-0.39, 0.29) is 0 Å². The third-order valence-corrected chi connectivity index (χ3v) is 2.91. The van der Waals surface area contributed by atoms with E-state index in [0.29, 0.717) is 6.04 Å². The first-order chi connectivity index (χ1) is 6.27. The number of nitrogens with zero attached hydrogens (tertiary/aromatic N) is 2. The summed E-state index contributed by atoms with van der Waals surface area (Å²) in [7, 11) is 0. The Balaban J connectivity index is 2.05. The van der Waals surface area contributed by atoms with E-state index in [1.54, 1.807) is 0 Å². The molecular weight excluding hydrogens is 160 g/mol. The summed E-state index contributed by atoms with van der Waals surface area (Å²) >= 11 is 0. The molecule has 0 spiro atoms. The van der Waals surface area contributed by atoms with Crippen molar-refractivity contribution in [2.24, 2.45) is 0 Å². The molecule has 0 aliphatic carbocycles. The molecule has 72 valence electrons. The van der Waals surface area contributed by atoms with E-state index in [2.05, 4.69) is 41.9 Å². The predicted molar refractivity (Wildman–Crippen MR) is 55.5 cm³/mol. The second-order valence-electron chi connectivity index (χ2n) is 4.10. The normalized spacial score (nSPS) is 23.3. The topological polar surface area (TPSA) is 6.48 Å². The molecule has 2 nitrogen and oxygen atoms in total. The van der Waals surface area contributed by atoms with E-state index >= 15 is 0 Å². The van der Waals surface area contributed by atoms with Crippen LogP contribution < -0.4 is 0 Å². The van der Waals surface area contributed by atoms with E-state index in [1.165, 1.54) is 18.8 Å². The van der Waals surface area contributed by atoms with Gasteiger partial charge in [-0.1, -0.05) is 12.2 Å². The molecule has 2 rings (SSSR count). The second kappa shape index (κ2) is 3.54. The Morgan fingerprint density at radius 1 is 1.31 bits per heavy atom. The molecule has 13 heavy (non-hydrogen) atoms. The maximum absolute atomic E-state index is 2.53. The Hall–Kier alpha value is -0.760. The van der Waals surface area contributed by atoms with Crippen molar-refractivity contribution >= 4 is 0 Å². The minimum absolute atomic E-state index is 0.675. The fourth-order valence-corrected chi connectivity index (χ4v) is 1.95. The van der Waals surface area contributed by atoms with Crippen molar-refractivity contribution < 1.29 is 0 Å². The van der Waals surface area contributed by atoms with Crippen LogP contribution in [0.25, 0.3) is 0 Å². The number of fused-ring (bicyclic) bond motifs is 1. The van der Waals surface area contributed by atoms with Gasteiger partial charge in [-0.05, 0) is 19.9 Å². The highest BCUT2D eigenvalue weighted by atomic mass is 15.3. The van der Waals surface area contributed by atoms with Gasteiger partial charge in [0.2, 0.25) is 0 Å². The quantitative estimate of drug-likeness (QED) is 0.600.